The maximum absolute atomic E-state index is 12.0. The van der Waals surface area contributed by atoms with Gasteiger partial charge in [-0.25, -0.2) is 4.79 Å². The van der Waals surface area contributed by atoms with Crippen LogP contribution in [0, 0.1) is 5.92 Å². The molecule has 0 saturated heterocycles. The molecule has 0 aliphatic carbocycles. The van der Waals surface area contributed by atoms with Crippen molar-refractivity contribution in [3.05, 3.63) is 57.0 Å². The molecule has 5 nitrogen and oxygen atoms in total. The van der Waals surface area contributed by atoms with Crippen molar-refractivity contribution in [2.75, 3.05) is 18.5 Å². The van der Waals surface area contributed by atoms with E-state index in [-0.39, 0.29) is 18.5 Å². The summed E-state index contributed by atoms with van der Waals surface area (Å²) in [7, 11) is 0. The predicted octanol–water partition coefficient (Wildman–Crippen LogP) is 5.43. The largest absolute Gasteiger partial charge is 0.483 e. The molecule has 0 aliphatic rings. The molecule has 7 heteroatoms. The van der Waals surface area contributed by atoms with Crippen molar-refractivity contribution in [1.29, 1.82) is 0 Å². The third-order valence-corrected chi connectivity index (χ3v) is 4.70. The molecule has 0 bridgehead atoms. The normalized spacial score (nSPS) is 10.6. The number of esters is 1. The van der Waals surface area contributed by atoms with Gasteiger partial charge in [-0.15, -0.1) is 0 Å². The highest BCUT2D eigenvalue weighted by molar-refractivity contribution is 9.11. The zero-order valence-corrected chi connectivity index (χ0v) is 18.3. The SMILES string of the molecule is CC(C)CCOC(=O)c1ccc(NC(=O)COc2ccc(Br)cc2Br)cc1. The summed E-state index contributed by atoms with van der Waals surface area (Å²) < 4.78 is 12.4. The van der Waals surface area contributed by atoms with Crippen LogP contribution in [0.15, 0.2) is 51.4 Å². The molecule has 2 aromatic rings. The standard InChI is InChI=1S/C20H21Br2NO4/c1-13(2)9-10-26-20(25)14-3-6-16(7-4-14)23-19(24)12-27-18-8-5-15(21)11-17(18)22/h3-8,11,13H,9-10,12H2,1-2H3,(H,23,24). The van der Waals surface area contributed by atoms with Gasteiger partial charge >= 0.3 is 5.97 Å². The molecule has 0 aromatic heterocycles. The molecule has 0 saturated carbocycles. The van der Waals surface area contributed by atoms with Crippen molar-refractivity contribution in [2.24, 2.45) is 5.92 Å². The van der Waals surface area contributed by atoms with E-state index in [0.717, 1.165) is 15.4 Å². The van der Waals surface area contributed by atoms with E-state index in [0.29, 0.717) is 29.5 Å². The van der Waals surface area contributed by atoms with Crippen LogP contribution in [0.5, 0.6) is 5.75 Å². The van der Waals surface area contributed by atoms with Gasteiger partial charge in [-0.1, -0.05) is 29.8 Å². The number of hydrogen-bond donors (Lipinski definition) is 1. The summed E-state index contributed by atoms with van der Waals surface area (Å²) in [5.74, 6) is 0.400. The Morgan fingerprint density at radius 3 is 2.41 bits per heavy atom. The second-order valence-corrected chi connectivity index (χ2v) is 8.08. The minimum absolute atomic E-state index is 0.126. The van der Waals surface area contributed by atoms with Crippen LogP contribution in [-0.2, 0) is 9.53 Å². The third kappa shape index (κ3) is 7.34. The number of hydrogen-bond acceptors (Lipinski definition) is 4. The lowest BCUT2D eigenvalue weighted by molar-refractivity contribution is -0.118. The Morgan fingerprint density at radius 2 is 1.78 bits per heavy atom. The highest BCUT2D eigenvalue weighted by Crippen LogP contribution is 2.28. The van der Waals surface area contributed by atoms with Crippen LogP contribution in [0.1, 0.15) is 30.6 Å². The van der Waals surface area contributed by atoms with Gasteiger partial charge in [-0.05, 0) is 70.7 Å². The number of benzene rings is 2. The van der Waals surface area contributed by atoms with Gasteiger partial charge in [0.15, 0.2) is 6.61 Å². The zero-order chi connectivity index (χ0) is 19.8. The quantitative estimate of drug-likeness (QED) is 0.492. The molecule has 0 spiro atoms. The average Bonchev–Trinajstić information content (AvgIpc) is 2.61. The van der Waals surface area contributed by atoms with Crippen molar-refractivity contribution in [1.82, 2.24) is 0 Å². The number of carbonyl (C=O) groups is 2. The Labute approximate surface area is 175 Å². The average molecular weight is 499 g/mol. The molecule has 144 valence electrons. The first-order valence-electron chi connectivity index (χ1n) is 8.50. The Bertz CT molecular complexity index is 791. The van der Waals surface area contributed by atoms with E-state index in [1.807, 2.05) is 12.1 Å². The lowest BCUT2D eigenvalue weighted by Gasteiger charge is -2.10. The van der Waals surface area contributed by atoms with Crippen molar-refractivity contribution in [3.8, 4) is 5.75 Å². The molecule has 0 aliphatic heterocycles. The molecule has 0 fully saturated rings. The first-order chi connectivity index (χ1) is 12.8. The molecular weight excluding hydrogens is 478 g/mol. The lowest BCUT2D eigenvalue weighted by atomic mass is 10.1. The summed E-state index contributed by atoms with van der Waals surface area (Å²) in [4.78, 5) is 24.0. The number of nitrogens with one attached hydrogen (secondary N) is 1. The van der Waals surface area contributed by atoms with E-state index < -0.39 is 0 Å². The molecule has 2 rings (SSSR count). The molecular formula is C20H21Br2NO4. The van der Waals surface area contributed by atoms with Crippen molar-refractivity contribution < 1.29 is 19.1 Å². The van der Waals surface area contributed by atoms with Gasteiger partial charge in [0.1, 0.15) is 5.75 Å². The van der Waals surface area contributed by atoms with Crippen LogP contribution >= 0.6 is 31.9 Å². The van der Waals surface area contributed by atoms with Gasteiger partial charge < -0.3 is 14.8 Å². The monoisotopic (exact) mass is 497 g/mol. The van der Waals surface area contributed by atoms with Gasteiger partial charge in [0.05, 0.1) is 16.6 Å². The first-order valence-corrected chi connectivity index (χ1v) is 10.1. The Kier molecular flexibility index (Phi) is 8.31. The fourth-order valence-electron chi connectivity index (χ4n) is 2.09. The van der Waals surface area contributed by atoms with Crippen LogP contribution < -0.4 is 10.1 Å². The van der Waals surface area contributed by atoms with Gasteiger partial charge in [0.25, 0.3) is 5.91 Å². The van der Waals surface area contributed by atoms with Crippen LogP contribution in [0.3, 0.4) is 0 Å². The van der Waals surface area contributed by atoms with Crippen LogP contribution in [-0.4, -0.2) is 25.1 Å². The summed E-state index contributed by atoms with van der Waals surface area (Å²) in [5, 5.41) is 2.73. The van der Waals surface area contributed by atoms with Crippen molar-refractivity contribution >= 4 is 49.4 Å². The first kappa shape index (κ1) is 21.4. The van der Waals surface area contributed by atoms with Gasteiger partial charge in [-0.3, -0.25) is 4.79 Å². The Hall–Kier alpha value is -1.86. The zero-order valence-electron chi connectivity index (χ0n) is 15.1. The highest BCUT2D eigenvalue weighted by Gasteiger charge is 2.10. The van der Waals surface area contributed by atoms with E-state index in [2.05, 4.69) is 51.0 Å². The molecule has 27 heavy (non-hydrogen) atoms. The van der Waals surface area contributed by atoms with Gasteiger partial charge in [0, 0.05) is 10.2 Å². The molecule has 1 N–H and O–H groups in total. The summed E-state index contributed by atoms with van der Waals surface area (Å²) >= 11 is 6.74. The Morgan fingerprint density at radius 1 is 1.07 bits per heavy atom. The molecule has 0 atom stereocenters. The van der Waals surface area contributed by atoms with Crippen LogP contribution in [0.2, 0.25) is 0 Å². The maximum atomic E-state index is 12.0. The minimum Gasteiger partial charge on any atom is -0.483 e. The number of carbonyl (C=O) groups excluding carboxylic acids is 2. The number of amides is 1. The van der Waals surface area contributed by atoms with Crippen LogP contribution in [0.25, 0.3) is 0 Å². The van der Waals surface area contributed by atoms with Gasteiger partial charge in [-0.2, -0.15) is 0 Å². The predicted molar refractivity (Wildman–Crippen MR) is 112 cm³/mol. The van der Waals surface area contributed by atoms with Gasteiger partial charge in [0.2, 0.25) is 0 Å². The number of ether oxygens (including phenoxy) is 2. The molecule has 2 aromatic carbocycles. The smallest absolute Gasteiger partial charge is 0.338 e. The second kappa shape index (κ2) is 10.5. The van der Waals surface area contributed by atoms with E-state index in [1.165, 1.54) is 0 Å². The summed E-state index contributed by atoms with van der Waals surface area (Å²) in [6.45, 7) is 4.42. The highest BCUT2D eigenvalue weighted by atomic mass is 79.9. The molecule has 0 heterocycles. The second-order valence-electron chi connectivity index (χ2n) is 6.31. The van der Waals surface area contributed by atoms with E-state index in [4.69, 9.17) is 9.47 Å². The Balaban J connectivity index is 1.82. The van der Waals surface area contributed by atoms with Crippen molar-refractivity contribution in [3.63, 3.8) is 0 Å². The fourth-order valence-corrected chi connectivity index (χ4v) is 3.25. The number of anilines is 1. The third-order valence-electron chi connectivity index (χ3n) is 3.59. The minimum atomic E-state index is -0.364. The fraction of sp³-hybridized carbons (Fsp3) is 0.300. The summed E-state index contributed by atoms with van der Waals surface area (Å²) in [6.07, 6.45) is 0.828. The van der Waals surface area contributed by atoms with E-state index in [1.54, 1.807) is 30.3 Å². The number of halogens is 2. The number of rotatable bonds is 8. The lowest BCUT2D eigenvalue weighted by Crippen LogP contribution is -2.20. The van der Waals surface area contributed by atoms with E-state index in [9.17, 15) is 9.59 Å². The molecule has 1 amide bonds. The summed E-state index contributed by atoms with van der Waals surface area (Å²) in [6, 6.07) is 12.0. The van der Waals surface area contributed by atoms with Crippen LogP contribution in [0.4, 0.5) is 5.69 Å². The topological polar surface area (TPSA) is 64.6 Å². The molecule has 0 unspecified atom stereocenters. The maximum Gasteiger partial charge on any atom is 0.338 e. The van der Waals surface area contributed by atoms with Crippen molar-refractivity contribution in [2.45, 2.75) is 20.3 Å². The van der Waals surface area contributed by atoms with E-state index >= 15 is 0 Å². The molecule has 0 radical (unpaired) electrons. The summed E-state index contributed by atoms with van der Waals surface area (Å²) in [5.41, 5.74) is 1.03.